The summed E-state index contributed by atoms with van der Waals surface area (Å²) >= 11 is 0. The monoisotopic (exact) mass is 430 g/mol. The molecule has 6 nitrogen and oxygen atoms in total. The van der Waals surface area contributed by atoms with Crippen LogP contribution in [0.2, 0.25) is 0 Å². The van der Waals surface area contributed by atoms with Crippen molar-refractivity contribution in [3.63, 3.8) is 0 Å². The van der Waals surface area contributed by atoms with E-state index in [0.29, 0.717) is 18.7 Å². The summed E-state index contributed by atoms with van der Waals surface area (Å²) in [6.45, 7) is 0.651. The van der Waals surface area contributed by atoms with Crippen LogP contribution in [-0.4, -0.2) is 47.9 Å². The predicted octanol–water partition coefficient (Wildman–Crippen LogP) is 3.29. The van der Waals surface area contributed by atoms with E-state index in [0.717, 1.165) is 18.4 Å². The Bertz CT molecular complexity index is 1070. The van der Waals surface area contributed by atoms with Gasteiger partial charge < -0.3 is 4.74 Å². The maximum atomic E-state index is 13.7. The molecule has 32 heavy (non-hydrogen) atoms. The maximum Gasteiger partial charge on any atom is 0.327 e. The molecule has 0 bridgehead atoms. The van der Waals surface area contributed by atoms with E-state index in [1.54, 1.807) is 24.3 Å². The second kappa shape index (κ2) is 8.02. The summed E-state index contributed by atoms with van der Waals surface area (Å²) in [4.78, 5) is 44.0. The number of piperidine rings is 1. The molecule has 6 heteroatoms. The van der Waals surface area contributed by atoms with Crippen LogP contribution in [0.5, 0.6) is 0 Å². The summed E-state index contributed by atoms with van der Waals surface area (Å²) in [5.74, 6) is -2.35. The van der Waals surface area contributed by atoms with Gasteiger partial charge in [0.05, 0.1) is 24.6 Å². The third-order valence-corrected chi connectivity index (χ3v) is 7.15. The highest BCUT2D eigenvalue weighted by atomic mass is 16.5. The first kappa shape index (κ1) is 20.6. The van der Waals surface area contributed by atoms with E-state index in [2.05, 4.69) is 4.90 Å². The minimum absolute atomic E-state index is 0.244. The summed E-state index contributed by atoms with van der Waals surface area (Å²) in [5.41, 5.74) is 0.443. The van der Waals surface area contributed by atoms with Crippen molar-refractivity contribution >= 4 is 29.5 Å². The van der Waals surface area contributed by atoms with Crippen LogP contribution in [0, 0.1) is 11.8 Å². The van der Waals surface area contributed by atoms with E-state index in [1.807, 2.05) is 48.6 Å². The minimum atomic E-state index is -1.11. The average Bonchev–Trinajstić information content (AvgIpc) is 3.28. The minimum Gasteiger partial charge on any atom is -0.468 e. The summed E-state index contributed by atoms with van der Waals surface area (Å²) in [6, 6.07) is 18.5. The molecule has 0 spiro atoms. The Hall–Kier alpha value is -3.25. The smallest absolute Gasteiger partial charge is 0.327 e. The molecule has 2 aromatic rings. The molecule has 0 saturated carbocycles. The van der Waals surface area contributed by atoms with E-state index in [1.165, 1.54) is 12.0 Å². The topological polar surface area (TPSA) is 66.9 Å². The van der Waals surface area contributed by atoms with Crippen molar-refractivity contribution < 1.29 is 19.1 Å². The lowest BCUT2D eigenvalue weighted by Crippen LogP contribution is -2.61. The normalized spacial score (nSPS) is 29.9. The molecule has 3 fully saturated rings. The molecule has 3 aliphatic rings. The van der Waals surface area contributed by atoms with Gasteiger partial charge in [-0.3, -0.25) is 19.3 Å². The highest BCUT2D eigenvalue weighted by Gasteiger charge is 2.72. The molecule has 0 aromatic heterocycles. The van der Waals surface area contributed by atoms with Crippen LogP contribution in [0.25, 0.3) is 6.08 Å². The fraction of sp³-hybridized carbons (Fsp3) is 0.346. The van der Waals surface area contributed by atoms with Gasteiger partial charge in [0.15, 0.2) is 0 Å². The van der Waals surface area contributed by atoms with Gasteiger partial charge in [-0.15, -0.1) is 0 Å². The number of esters is 1. The van der Waals surface area contributed by atoms with Crippen molar-refractivity contribution in [1.82, 2.24) is 4.90 Å². The standard InChI is InChI=1S/C26H26N2O4/c1-32-25(31)26-16-8-9-17-27(26)20(15-14-18-10-4-2-5-11-18)21-22(26)24(30)28(23(21)29)19-12-6-3-7-13-19/h2-7,10-15,20-22H,8-9,16-17H2,1H3/b15-14+/t20-,21+,22-,26+/m1/s1. The molecule has 0 radical (unpaired) electrons. The molecule has 0 N–H and O–H groups in total. The number of carbonyl (C=O) groups is 3. The number of methoxy groups -OCH3 is 1. The SMILES string of the molecule is COC(=O)[C@@]12CCCCN1[C@H](/C=C/c1ccccc1)[C@@H]1C(=O)N(c3ccccc3)C(=O)[C@@H]12. The number of amides is 2. The number of para-hydroxylation sites is 1. The van der Waals surface area contributed by atoms with Crippen molar-refractivity contribution in [2.75, 3.05) is 18.6 Å². The van der Waals surface area contributed by atoms with E-state index in [9.17, 15) is 14.4 Å². The average molecular weight is 431 g/mol. The first-order valence-corrected chi connectivity index (χ1v) is 11.1. The first-order chi connectivity index (χ1) is 15.6. The molecule has 4 atom stereocenters. The quantitative estimate of drug-likeness (QED) is 0.550. The van der Waals surface area contributed by atoms with Gasteiger partial charge in [-0.05, 0) is 43.5 Å². The zero-order valence-corrected chi connectivity index (χ0v) is 18.0. The van der Waals surface area contributed by atoms with Crippen LogP contribution < -0.4 is 4.90 Å². The molecule has 0 unspecified atom stereocenters. The van der Waals surface area contributed by atoms with Crippen LogP contribution in [0.3, 0.4) is 0 Å². The molecule has 5 rings (SSSR count). The Morgan fingerprint density at radius 2 is 1.69 bits per heavy atom. The maximum absolute atomic E-state index is 13.7. The first-order valence-electron chi connectivity index (χ1n) is 11.1. The Labute approximate surface area is 187 Å². The second-order valence-electron chi connectivity index (χ2n) is 8.68. The van der Waals surface area contributed by atoms with Gasteiger partial charge in [-0.25, -0.2) is 4.90 Å². The zero-order chi connectivity index (χ0) is 22.3. The van der Waals surface area contributed by atoms with Gasteiger partial charge in [0, 0.05) is 6.04 Å². The highest BCUT2D eigenvalue weighted by Crippen LogP contribution is 2.54. The van der Waals surface area contributed by atoms with Gasteiger partial charge >= 0.3 is 5.97 Å². The third-order valence-electron chi connectivity index (χ3n) is 7.15. The highest BCUT2D eigenvalue weighted by molar-refractivity contribution is 6.24. The number of benzene rings is 2. The molecule has 2 amide bonds. The van der Waals surface area contributed by atoms with Gasteiger partial charge in [-0.2, -0.15) is 0 Å². The molecular weight excluding hydrogens is 404 g/mol. The lowest BCUT2D eigenvalue weighted by atomic mass is 9.75. The van der Waals surface area contributed by atoms with Crippen LogP contribution in [-0.2, 0) is 19.1 Å². The molecule has 164 valence electrons. The van der Waals surface area contributed by atoms with Crippen molar-refractivity contribution in [3.8, 4) is 0 Å². The number of hydrogen-bond acceptors (Lipinski definition) is 5. The van der Waals surface area contributed by atoms with E-state index in [4.69, 9.17) is 4.74 Å². The number of anilines is 1. The molecule has 2 aromatic carbocycles. The summed E-state index contributed by atoms with van der Waals surface area (Å²) in [7, 11) is 1.36. The van der Waals surface area contributed by atoms with Crippen molar-refractivity contribution in [2.24, 2.45) is 11.8 Å². The van der Waals surface area contributed by atoms with Crippen molar-refractivity contribution in [2.45, 2.75) is 30.8 Å². The van der Waals surface area contributed by atoms with E-state index in [-0.39, 0.29) is 17.9 Å². The predicted molar refractivity (Wildman–Crippen MR) is 120 cm³/mol. The van der Waals surface area contributed by atoms with Gasteiger partial charge in [-0.1, -0.05) is 60.7 Å². The summed E-state index contributed by atoms with van der Waals surface area (Å²) in [5, 5.41) is 0. The zero-order valence-electron chi connectivity index (χ0n) is 18.0. The molecule has 3 aliphatic heterocycles. The van der Waals surface area contributed by atoms with Crippen LogP contribution in [0.4, 0.5) is 5.69 Å². The van der Waals surface area contributed by atoms with Gasteiger partial charge in [0.1, 0.15) is 5.54 Å². The molecular formula is C26H26N2O4. The molecule has 0 aliphatic carbocycles. The van der Waals surface area contributed by atoms with Crippen LogP contribution in [0.1, 0.15) is 24.8 Å². The van der Waals surface area contributed by atoms with Gasteiger partial charge in [0.2, 0.25) is 11.8 Å². The fourth-order valence-electron chi connectivity index (χ4n) is 5.85. The van der Waals surface area contributed by atoms with E-state index < -0.39 is 23.3 Å². The number of hydrogen-bond donors (Lipinski definition) is 0. The number of fused-ring (bicyclic) bond motifs is 3. The molecule has 3 saturated heterocycles. The van der Waals surface area contributed by atoms with Crippen molar-refractivity contribution in [1.29, 1.82) is 0 Å². The Morgan fingerprint density at radius 1 is 1.00 bits per heavy atom. The molecule has 3 heterocycles. The number of imide groups is 1. The Morgan fingerprint density at radius 3 is 2.38 bits per heavy atom. The summed E-state index contributed by atoms with van der Waals surface area (Å²) in [6.07, 6.45) is 6.21. The van der Waals surface area contributed by atoms with Crippen molar-refractivity contribution in [3.05, 3.63) is 72.3 Å². The second-order valence-corrected chi connectivity index (χ2v) is 8.68. The van der Waals surface area contributed by atoms with E-state index >= 15 is 0 Å². The summed E-state index contributed by atoms with van der Waals surface area (Å²) < 4.78 is 5.25. The Kier molecular flexibility index (Phi) is 5.18. The largest absolute Gasteiger partial charge is 0.468 e. The lowest BCUT2D eigenvalue weighted by molar-refractivity contribution is -0.161. The number of ether oxygens (including phenoxy) is 1. The van der Waals surface area contributed by atoms with Gasteiger partial charge in [0.25, 0.3) is 0 Å². The van der Waals surface area contributed by atoms with Crippen LogP contribution in [0.15, 0.2) is 66.7 Å². The number of rotatable bonds is 4. The third kappa shape index (κ3) is 2.93. The lowest BCUT2D eigenvalue weighted by Gasteiger charge is -2.44. The Balaban J connectivity index is 1.63. The van der Waals surface area contributed by atoms with Crippen LogP contribution >= 0.6 is 0 Å². The number of carbonyl (C=O) groups excluding carboxylic acids is 3. The fourth-order valence-corrected chi connectivity index (χ4v) is 5.85. The number of nitrogens with zero attached hydrogens (tertiary/aromatic N) is 2.